The van der Waals surface area contributed by atoms with E-state index < -0.39 is 0 Å². The lowest BCUT2D eigenvalue weighted by atomic mass is 9.84. The molecular weight excluding hydrogens is 278 g/mol. The van der Waals surface area contributed by atoms with Crippen molar-refractivity contribution in [2.24, 2.45) is 0 Å². The molecule has 4 heteroatoms. The fraction of sp³-hybridized carbons (Fsp3) is 0.500. The summed E-state index contributed by atoms with van der Waals surface area (Å²) in [7, 11) is 0. The van der Waals surface area contributed by atoms with Gasteiger partial charge in [-0.2, -0.15) is 0 Å². The molecule has 0 saturated carbocycles. The first-order chi connectivity index (χ1) is 10.5. The third-order valence-corrected chi connectivity index (χ3v) is 4.30. The Morgan fingerprint density at radius 1 is 1.45 bits per heavy atom. The van der Waals surface area contributed by atoms with E-state index >= 15 is 0 Å². The number of fused-ring (bicyclic) bond motifs is 1. The maximum absolute atomic E-state index is 11.8. The van der Waals surface area contributed by atoms with Crippen LogP contribution in [0.3, 0.4) is 0 Å². The molecule has 0 amide bonds. The number of carbonyl (C=O) groups excluding carboxylic acids is 1. The average molecular weight is 301 g/mol. The molecule has 118 valence electrons. The standard InChI is InChI=1S/C18H23NO3/c1-4-21-17(20)15-10-16-9-13(5-7-19(16)12-15)14-6-8-22-18(2,3)11-14/h5,7,9-10,12,14H,4,6,8,11H2,1-3H3/t14-/m0/s1. The Kier molecular flexibility index (Phi) is 3.96. The van der Waals surface area contributed by atoms with Gasteiger partial charge in [-0.1, -0.05) is 0 Å². The minimum absolute atomic E-state index is 0.0624. The molecule has 1 saturated heterocycles. The second-order valence-electron chi connectivity index (χ2n) is 6.54. The van der Waals surface area contributed by atoms with Gasteiger partial charge in [0.25, 0.3) is 0 Å². The molecule has 0 bridgehead atoms. The van der Waals surface area contributed by atoms with Crippen LogP contribution in [-0.4, -0.2) is 29.2 Å². The maximum atomic E-state index is 11.8. The summed E-state index contributed by atoms with van der Waals surface area (Å²) in [6.45, 7) is 7.31. The van der Waals surface area contributed by atoms with Crippen molar-refractivity contribution in [1.82, 2.24) is 4.40 Å². The second-order valence-corrected chi connectivity index (χ2v) is 6.54. The van der Waals surface area contributed by atoms with E-state index in [2.05, 4.69) is 26.0 Å². The van der Waals surface area contributed by atoms with E-state index in [1.54, 1.807) is 0 Å². The van der Waals surface area contributed by atoms with Gasteiger partial charge in [-0.3, -0.25) is 0 Å². The molecule has 1 fully saturated rings. The molecule has 1 aliphatic rings. The maximum Gasteiger partial charge on any atom is 0.339 e. The van der Waals surface area contributed by atoms with E-state index in [1.807, 2.05) is 29.8 Å². The van der Waals surface area contributed by atoms with Gasteiger partial charge in [0.15, 0.2) is 0 Å². The predicted octanol–water partition coefficient (Wildman–Crippen LogP) is 3.79. The van der Waals surface area contributed by atoms with Crippen LogP contribution in [0.1, 0.15) is 55.5 Å². The van der Waals surface area contributed by atoms with Crippen LogP contribution in [0.15, 0.2) is 30.6 Å². The first-order valence-electron chi connectivity index (χ1n) is 7.91. The molecule has 1 aliphatic heterocycles. The van der Waals surface area contributed by atoms with Gasteiger partial charge in [0, 0.05) is 24.5 Å². The van der Waals surface area contributed by atoms with E-state index in [-0.39, 0.29) is 11.6 Å². The highest BCUT2D eigenvalue weighted by Gasteiger charge is 2.29. The van der Waals surface area contributed by atoms with Crippen LogP contribution in [0.2, 0.25) is 0 Å². The van der Waals surface area contributed by atoms with E-state index in [0.717, 1.165) is 25.0 Å². The number of ether oxygens (including phenoxy) is 2. The van der Waals surface area contributed by atoms with Crippen LogP contribution < -0.4 is 0 Å². The number of hydrogen-bond donors (Lipinski definition) is 0. The lowest BCUT2D eigenvalue weighted by molar-refractivity contribution is -0.0593. The van der Waals surface area contributed by atoms with Crippen molar-refractivity contribution in [3.05, 3.63) is 41.7 Å². The van der Waals surface area contributed by atoms with Gasteiger partial charge in [0.2, 0.25) is 0 Å². The number of rotatable bonds is 3. The minimum atomic E-state index is -0.264. The van der Waals surface area contributed by atoms with Gasteiger partial charge in [0.1, 0.15) is 0 Å². The quantitative estimate of drug-likeness (QED) is 0.810. The first kappa shape index (κ1) is 15.1. The van der Waals surface area contributed by atoms with Crippen LogP contribution in [0, 0.1) is 0 Å². The second kappa shape index (κ2) is 5.76. The van der Waals surface area contributed by atoms with Crippen molar-refractivity contribution in [2.75, 3.05) is 13.2 Å². The van der Waals surface area contributed by atoms with E-state index in [1.165, 1.54) is 5.56 Å². The van der Waals surface area contributed by atoms with Crippen molar-refractivity contribution < 1.29 is 14.3 Å². The molecule has 22 heavy (non-hydrogen) atoms. The number of carbonyl (C=O) groups is 1. The third-order valence-electron chi connectivity index (χ3n) is 4.30. The summed E-state index contributed by atoms with van der Waals surface area (Å²) in [6, 6.07) is 6.22. The van der Waals surface area contributed by atoms with Gasteiger partial charge in [-0.25, -0.2) is 4.79 Å². The van der Waals surface area contributed by atoms with E-state index in [0.29, 0.717) is 18.1 Å². The van der Waals surface area contributed by atoms with Crippen molar-refractivity contribution in [2.45, 2.75) is 45.1 Å². The highest BCUT2D eigenvalue weighted by atomic mass is 16.5. The largest absolute Gasteiger partial charge is 0.462 e. The highest BCUT2D eigenvalue weighted by molar-refractivity contribution is 5.91. The van der Waals surface area contributed by atoms with E-state index in [9.17, 15) is 4.79 Å². The van der Waals surface area contributed by atoms with Crippen molar-refractivity contribution >= 4 is 11.5 Å². The summed E-state index contributed by atoms with van der Waals surface area (Å²) >= 11 is 0. The molecule has 0 aliphatic carbocycles. The Morgan fingerprint density at radius 3 is 3.00 bits per heavy atom. The SMILES string of the molecule is CCOC(=O)c1cc2cc([C@H]3CCOC(C)(C)C3)ccn2c1. The normalized spacial score (nSPS) is 21.0. The lowest BCUT2D eigenvalue weighted by Gasteiger charge is -2.35. The number of pyridine rings is 1. The summed E-state index contributed by atoms with van der Waals surface area (Å²) in [4.78, 5) is 11.8. The zero-order valence-corrected chi connectivity index (χ0v) is 13.5. The molecule has 3 heterocycles. The third kappa shape index (κ3) is 3.02. The molecule has 1 atom stereocenters. The van der Waals surface area contributed by atoms with Crippen LogP contribution in [0.25, 0.3) is 5.52 Å². The highest BCUT2D eigenvalue weighted by Crippen LogP contribution is 2.36. The van der Waals surface area contributed by atoms with Crippen LogP contribution in [-0.2, 0) is 9.47 Å². The smallest absolute Gasteiger partial charge is 0.339 e. The van der Waals surface area contributed by atoms with Crippen molar-refractivity contribution in [3.63, 3.8) is 0 Å². The summed E-state index contributed by atoms with van der Waals surface area (Å²) in [5.41, 5.74) is 2.89. The summed E-state index contributed by atoms with van der Waals surface area (Å²) in [5.74, 6) is 0.245. The zero-order valence-electron chi connectivity index (χ0n) is 13.5. The lowest BCUT2D eigenvalue weighted by Crippen LogP contribution is -2.32. The van der Waals surface area contributed by atoms with Crippen molar-refractivity contribution in [3.8, 4) is 0 Å². The topological polar surface area (TPSA) is 39.9 Å². The van der Waals surface area contributed by atoms with Gasteiger partial charge in [-0.05, 0) is 63.3 Å². The number of esters is 1. The Morgan fingerprint density at radius 2 is 2.27 bits per heavy atom. The molecular formula is C18H23NO3. The molecule has 0 spiro atoms. The van der Waals surface area contributed by atoms with Crippen LogP contribution >= 0.6 is 0 Å². The average Bonchev–Trinajstić information content (AvgIpc) is 2.89. The number of nitrogens with zero attached hydrogens (tertiary/aromatic N) is 1. The monoisotopic (exact) mass is 301 g/mol. The van der Waals surface area contributed by atoms with Crippen LogP contribution in [0.5, 0.6) is 0 Å². The fourth-order valence-electron chi connectivity index (χ4n) is 3.22. The molecule has 2 aromatic rings. The predicted molar refractivity (Wildman–Crippen MR) is 85.4 cm³/mol. The number of hydrogen-bond acceptors (Lipinski definition) is 3. The molecule has 0 aromatic carbocycles. The Bertz CT molecular complexity index is 687. The summed E-state index contributed by atoms with van der Waals surface area (Å²) < 4.78 is 12.8. The van der Waals surface area contributed by atoms with Gasteiger partial charge < -0.3 is 13.9 Å². The van der Waals surface area contributed by atoms with Gasteiger partial charge in [-0.15, -0.1) is 0 Å². The molecule has 2 aromatic heterocycles. The minimum Gasteiger partial charge on any atom is -0.462 e. The van der Waals surface area contributed by atoms with Gasteiger partial charge in [0.05, 0.1) is 17.8 Å². The Labute approximate surface area is 131 Å². The van der Waals surface area contributed by atoms with Crippen LogP contribution in [0.4, 0.5) is 0 Å². The van der Waals surface area contributed by atoms with Gasteiger partial charge >= 0.3 is 5.97 Å². The first-order valence-corrected chi connectivity index (χ1v) is 7.91. The fourth-order valence-corrected chi connectivity index (χ4v) is 3.22. The summed E-state index contributed by atoms with van der Waals surface area (Å²) in [6.07, 6.45) is 5.92. The Balaban J connectivity index is 1.88. The van der Waals surface area contributed by atoms with E-state index in [4.69, 9.17) is 9.47 Å². The molecule has 0 radical (unpaired) electrons. The molecule has 0 N–H and O–H groups in total. The summed E-state index contributed by atoms with van der Waals surface area (Å²) in [5, 5.41) is 0. The van der Waals surface area contributed by atoms with Crippen molar-refractivity contribution in [1.29, 1.82) is 0 Å². The molecule has 0 unspecified atom stereocenters. The number of aromatic nitrogens is 1. The Hall–Kier alpha value is -1.81. The molecule has 4 nitrogen and oxygen atoms in total. The molecule has 3 rings (SSSR count). The zero-order chi connectivity index (χ0) is 15.7.